The van der Waals surface area contributed by atoms with Gasteiger partial charge < -0.3 is 20.5 Å². The Bertz CT molecular complexity index is 1230. The summed E-state index contributed by atoms with van der Waals surface area (Å²) in [5.74, 6) is -0.284. The van der Waals surface area contributed by atoms with Gasteiger partial charge in [-0.2, -0.15) is 0 Å². The zero-order chi connectivity index (χ0) is 21.5. The van der Waals surface area contributed by atoms with Gasteiger partial charge in [-0.1, -0.05) is 17.7 Å². The van der Waals surface area contributed by atoms with Gasteiger partial charge in [0.05, 0.1) is 23.1 Å². The number of hydrogen-bond donors (Lipinski definition) is 3. The Hall–Kier alpha value is -3.78. The van der Waals surface area contributed by atoms with E-state index < -0.39 is 5.91 Å². The molecule has 4 N–H and O–H groups in total. The van der Waals surface area contributed by atoms with Crippen LogP contribution in [0.5, 0.6) is 0 Å². The van der Waals surface area contributed by atoms with Crippen LogP contribution in [0.15, 0.2) is 55.1 Å². The third-order valence-electron chi connectivity index (χ3n) is 5.75. The predicted molar refractivity (Wildman–Crippen MR) is 117 cm³/mol. The molecule has 1 aromatic heterocycles. The summed E-state index contributed by atoms with van der Waals surface area (Å²) in [5, 5.41) is 5.84. The van der Waals surface area contributed by atoms with Crippen LogP contribution in [0, 0.1) is 12.8 Å². The summed E-state index contributed by atoms with van der Waals surface area (Å²) in [7, 11) is 0. The lowest BCUT2D eigenvalue weighted by Gasteiger charge is -2.19. The highest BCUT2D eigenvalue weighted by Gasteiger charge is 2.29. The van der Waals surface area contributed by atoms with Crippen LogP contribution in [-0.2, 0) is 16.2 Å². The first-order chi connectivity index (χ1) is 15.0. The fraction of sp³-hybridized carbons (Fsp3) is 0.217. The summed E-state index contributed by atoms with van der Waals surface area (Å²) in [4.78, 5) is 29.2. The van der Waals surface area contributed by atoms with Crippen molar-refractivity contribution in [3.05, 3.63) is 71.7 Å². The smallest absolute Gasteiger partial charge is 0.248 e. The number of nitrogens with two attached hydrogens (primary N) is 1. The summed E-state index contributed by atoms with van der Waals surface area (Å²) in [5.41, 5.74) is 13.5. The van der Waals surface area contributed by atoms with Gasteiger partial charge in [0.15, 0.2) is 0 Å². The summed E-state index contributed by atoms with van der Waals surface area (Å²) in [6.07, 6.45) is 7.25. The topological polar surface area (TPSA) is 102 Å². The lowest BCUT2D eigenvalue weighted by atomic mass is 10.1. The van der Waals surface area contributed by atoms with Crippen LogP contribution in [0.3, 0.4) is 0 Å². The number of carbonyl (C=O) groups is 2. The van der Waals surface area contributed by atoms with Crippen LogP contribution < -0.4 is 21.6 Å². The minimum Gasteiger partial charge on any atom is -0.395 e. The maximum atomic E-state index is 12.2. The molecule has 2 amide bonds. The summed E-state index contributed by atoms with van der Waals surface area (Å²) in [6, 6.07) is 11.4. The second-order valence-corrected chi connectivity index (χ2v) is 7.91. The van der Waals surface area contributed by atoms with Crippen molar-refractivity contribution < 1.29 is 14.4 Å². The second kappa shape index (κ2) is 7.48. The largest absolute Gasteiger partial charge is 0.395 e. The highest BCUT2D eigenvalue weighted by molar-refractivity contribution is 5.97. The predicted octanol–water partition coefficient (Wildman–Crippen LogP) is 2.79. The molecule has 1 saturated carbocycles. The molecule has 0 radical (unpaired) electrons. The molecule has 1 aliphatic carbocycles. The van der Waals surface area contributed by atoms with Crippen molar-refractivity contribution in [1.29, 1.82) is 0 Å². The van der Waals surface area contributed by atoms with Crippen LogP contribution in [-0.4, -0.2) is 16.4 Å². The van der Waals surface area contributed by atoms with Gasteiger partial charge in [0.25, 0.3) is 0 Å². The number of hydrazine groups is 1. The summed E-state index contributed by atoms with van der Waals surface area (Å²) in [6.45, 7) is 2.42. The standard InChI is InChI=1S/C23H23N5O3/c1-14-2-7-19-18(21(14)28-10-11-31-26-28)8-9-27(19)20-12-16(22(24)29)5-6-17(20)13-25-23(30)15-3-4-15/h2,5-12,15,26H,3-4,13H2,1H3,(H2,24,29)(H,25,30). The van der Waals surface area contributed by atoms with Crippen molar-refractivity contribution >= 4 is 28.4 Å². The molecule has 31 heavy (non-hydrogen) atoms. The van der Waals surface area contributed by atoms with Gasteiger partial charge in [-0.25, -0.2) is 5.01 Å². The van der Waals surface area contributed by atoms with E-state index in [0.717, 1.165) is 46.2 Å². The SMILES string of the molecule is Cc1ccc2c(ccn2-c2cc(C(N)=O)ccc2CNC(=O)C2CC2)c1N1C=CON1. The summed E-state index contributed by atoms with van der Waals surface area (Å²) >= 11 is 0. The molecule has 3 aromatic rings. The van der Waals surface area contributed by atoms with Crippen LogP contribution in [0.2, 0.25) is 0 Å². The van der Waals surface area contributed by atoms with E-state index in [0.29, 0.717) is 12.1 Å². The number of rotatable bonds is 6. The number of carbonyl (C=O) groups excluding carboxylic acids is 2. The molecular formula is C23H23N5O3. The quantitative estimate of drug-likeness (QED) is 0.573. The molecule has 5 rings (SSSR count). The van der Waals surface area contributed by atoms with Crippen molar-refractivity contribution in [2.75, 3.05) is 5.01 Å². The van der Waals surface area contributed by atoms with E-state index in [-0.39, 0.29) is 11.8 Å². The van der Waals surface area contributed by atoms with Gasteiger partial charge in [0, 0.05) is 29.6 Å². The fourth-order valence-corrected chi connectivity index (χ4v) is 3.93. The molecule has 1 aliphatic heterocycles. The van der Waals surface area contributed by atoms with E-state index in [4.69, 9.17) is 10.6 Å². The Morgan fingerprint density at radius 3 is 2.77 bits per heavy atom. The highest BCUT2D eigenvalue weighted by atomic mass is 16.7. The molecule has 2 heterocycles. The van der Waals surface area contributed by atoms with Crippen molar-refractivity contribution in [2.24, 2.45) is 11.7 Å². The first kappa shape index (κ1) is 19.2. The highest BCUT2D eigenvalue weighted by Crippen LogP contribution is 2.34. The minimum atomic E-state index is -0.494. The Morgan fingerprint density at radius 1 is 1.23 bits per heavy atom. The van der Waals surface area contributed by atoms with Gasteiger partial charge in [-0.05, 0) is 55.2 Å². The number of nitrogens with one attached hydrogen (secondary N) is 2. The third kappa shape index (κ3) is 3.51. The molecule has 2 aliphatic rings. The van der Waals surface area contributed by atoms with Crippen molar-refractivity contribution in [3.8, 4) is 5.69 Å². The number of amides is 2. The molecule has 0 spiro atoms. The Labute approximate surface area is 179 Å². The number of anilines is 1. The maximum Gasteiger partial charge on any atom is 0.248 e. The van der Waals surface area contributed by atoms with E-state index in [9.17, 15) is 9.59 Å². The van der Waals surface area contributed by atoms with E-state index in [1.54, 1.807) is 18.4 Å². The number of benzene rings is 2. The molecule has 0 saturated heterocycles. The minimum absolute atomic E-state index is 0.0760. The number of aryl methyl sites for hydroxylation is 1. The molecule has 2 aromatic carbocycles. The monoisotopic (exact) mass is 417 g/mol. The molecule has 0 bridgehead atoms. The number of aromatic nitrogens is 1. The first-order valence-corrected chi connectivity index (χ1v) is 10.2. The van der Waals surface area contributed by atoms with Crippen molar-refractivity contribution in [1.82, 2.24) is 15.5 Å². The zero-order valence-electron chi connectivity index (χ0n) is 17.1. The number of hydrogen-bond acceptors (Lipinski definition) is 5. The molecule has 158 valence electrons. The lowest BCUT2D eigenvalue weighted by Crippen LogP contribution is -2.27. The first-order valence-electron chi connectivity index (χ1n) is 10.2. The number of fused-ring (bicyclic) bond motifs is 1. The van der Waals surface area contributed by atoms with Crippen LogP contribution >= 0.6 is 0 Å². The average Bonchev–Trinajstić information content (AvgIpc) is 3.31. The van der Waals surface area contributed by atoms with Crippen LogP contribution in [0.1, 0.15) is 34.3 Å². The molecule has 8 heteroatoms. The number of primary amides is 1. The Balaban J connectivity index is 1.60. The maximum absolute atomic E-state index is 12.2. The molecule has 1 fully saturated rings. The van der Waals surface area contributed by atoms with Crippen molar-refractivity contribution in [3.63, 3.8) is 0 Å². The van der Waals surface area contributed by atoms with E-state index in [2.05, 4.69) is 10.9 Å². The van der Waals surface area contributed by atoms with Gasteiger partial charge in [-0.15, -0.1) is 0 Å². The Morgan fingerprint density at radius 2 is 2.06 bits per heavy atom. The molecule has 0 unspecified atom stereocenters. The van der Waals surface area contributed by atoms with E-state index in [1.165, 1.54) is 0 Å². The molecule has 0 atom stereocenters. The van der Waals surface area contributed by atoms with Crippen LogP contribution in [0.4, 0.5) is 5.69 Å². The normalized spacial score (nSPS) is 15.3. The van der Waals surface area contributed by atoms with E-state index in [1.807, 2.05) is 53.2 Å². The summed E-state index contributed by atoms with van der Waals surface area (Å²) < 4.78 is 2.02. The van der Waals surface area contributed by atoms with Gasteiger partial charge in [-0.3, -0.25) is 9.59 Å². The fourth-order valence-electron chi connectivity index (χ4n) is 3.93. The van der Waals surface area contributed by atoms with Gasteiger partial charge in [0.2, 0.25) is 11.8 Å². The molecular weight excluding hydrogens is 394 g/mol. The van der Waals surface area contributed by atoms with Crippen molar-refractivity contribution in [2.45, 2.75) is 26.3 Å². The van der Waals surface area contributed by atoms with Gasteiger partial charge in [0.1, 0.15) is 6.26 Å². The average molecular weight is 417 g/mol. The second-order valence-electron chi connectivity index (χ2n) is 7.91. The number of nitrogens with zero attached hydrogens (tertiary/aromatic N) is 2. The van der Waals surface area contributed by atoms with Crippen LogP contribution in [0.25, 0.3) is 16.6 Å². The van der Waals surface area contributed by atoms with E-state index >= 15 is 0 Å². The zero-order valence-corrected chi connectivity index (χ0v) is 17.1. The third-order valence-corrected chi connectivity index (χ3v) is 5.75. The Kier molecular flexibility index (Phi) is 4.63. The van der Waals surface area contributed by atoms with Gasteiger partial charge >= 0.3 is 0 Å². The lowest BCUT2D eigenvalue weighted by molar-refractivity contribution is -0.122. The molecule has 8 nitrogen and oxygen atoms in total.